The molecule has 0 N–H and O–H groups in total. The summed E-state index contributed by atoms with van der Waals surface area (Å²) in [7, 11) is -4.86. The first-order valence-electron chi connectivity index (χ1n) is 6.81. The van der Waals surface area contributed by atoms with Crippen LogP contribution in [0.2, 0.25) is 0 Å². The van der Waals surface area contributed by atoms with Crippen LogP contribution in [0.3, 0.4) is 0 Å². The lowest BCUT2D eigenvalue weighted by Gasteiger charge is -2.23. The molecular weight excluding hydrogens is 318 g/mol. The van der Waals surface area contributed by atoms with Crippen molar-refractivity contribution in [1.29, 1.82) is 0 Å². The maximum atomic E-state index is 12.6. The third kappa shape index (κ3) is 3.90. The number of halogens is 2. The average molecular weight is 336 g/mol. The highest BCUT2D eigenvalue weighted by Crippen LogP contribution is 2.32. The number of rotatable bonds is 8. The van der Waals surface area contributed by atoms with Crippen molar-refractivity contribution >= 4 is 21.2 Å². The zero-order valence-corrected chi connectivity index (χ0v) is 13.1. The van der Waals surface area contributed by atoms with Gasteiger partial charge in [-0.1, -0.05) is 13.8 Å². The Labute approximate surface area is 127 Å². The summed E-state index contributed by atoms with van der Waals surface area (Å²) >= 11 is 0. The van der Waals surface area contributed by atoms with E-state index >= 15 is 0 Å². The van der Waals surface area contributed by atoms with Crippen LogP contribution >= 0.6 is 0 Å². The molecule has 124 valence electrons. The second-order valence-corrected chi connectivity index (χ2v) is 6.62. The fourth-order valence-corrected chi connectivity index (χ4v) is 2.83. The van der Waals surface area contributed by atoms with Gasteiger partial charge < -0.3 is 4.90 Å². The predicted molar refractivity (Wildman–Crippen MR) is 79.1 cm³/mol. The molecule has 0 aliphatic carbocycles. The first-order chi connectivity index (χ1) is 10.3. The van der Waals surface area contributed by atoms with E-state index in [1.54, 1.807) is 4.90 Å². The molecule has 22 heavy (non-hydrogen) atoms. The lowest BCUT2D eigenvalue weighted by Crippen LogP contribution is -2.26. The van der Waals surface area contributed by atoms with Gasteiger partial charge in [-0.3, -0.25) is 10.1 Å². The van der Waals surface area contributed by atoms with Gasteiger partial charge in [0.15, 0.2) is 0 Å². The molecule has 0 aromatic heterocycles. The van der Waals surface area contributed by atoms with Crippen molar-refractivity contribution in [2.75, 3.05) is 18.0 Å². The minimum atomic E-state index is -4.86. The average Bonchev–Trinajstić information content (AvgIpc) is 2.46. The number of hydrogen-bond acceptors (Lipinski definition) is 5. The van der Waals surface area contributed by atoms with Crippen LogP contribution in [0.4, 0.5) is 20.2 Å². The lowest BCUT2D eigenvalue weighted by atomic mass is 10.2. The molecule has 0 aliphatic rings. The molecule has 0 aliphatic heterocycles. The lowest BCUT2D eigenvalue weighted by molar-refractivity contribution is -0.384. The Bertz CT molecular complexity index is 629. The maximum absolute atomic E-state index is 12.6. The van der Waals surface area contributed by atoms with Crippen molar-refractivity contribution in [3.63, 3.8) is 0 Å². The number of benzene rings is 1. The van der Waals surface area contributed by atoms with E-state index in [1.807, 2.05) is 13.8 Å². The Morgan fingerprint density at radius 2 is 1.77 bits per heavy atom. The summed E-state index contributed by atoms with van der Waals surface area (Å²) in [5, 5.41) is 11.2. The van der Waals surface area contributed by atoms with Gasteiger partial charge in [-0.15, -0.1) is 0 Å². The molecule has 0 unspecified atom stereocenters. The quantitative estimate of drug-likeness (QED) is 0.538. The van der Waals surface area contributed by atoms with E-state index in [4.69, 9.17) is 0 Å². The van der Waals surface area contributed by atoms with Gasteiger partial charge in [0.1, 0.15) is 5.69 Å². The Kier molecular flexibility index (Phi) is 6.21. The molecule has 0 saturated heterocycles. The van der Waals surface area contributed by atoms with E-state index in [-0.39, 0.29) is 5.69 Å². The molecule has 6 nitrogen and oxygen atoms in total. The van der Waals surface area contributed by atoms with E-state index in [0.29, 0.717) is 19.2 Å². The number of hydrogen-bond donors (Lipinski definition) is 0. The summed E-state index contributed by atoms with van der Waals surface area (Å²) in [6.07, 6.45) is 1.49. The van der Waals surface area contributed by atoms with Gasteiger partial charge in [-0.2, -0.15) is 8.78 Å². The van der Waals surface area contributed by atoms with E-state index in [0.717, 1.165) is 18.9 Å². The van der Waals surface area contributed by atoms with Crippen LogP contribution in [0, 0.1) is 10.1 Å². The number of nitro benzene ring substituents is 1. The third-order valence-corrected chi connectivity index (χ3v) is 4.41. The first kappa shape index (κ1) is 18.3. The van der Waals surface area contributed by atoms with E-state index in [9.17, 15) is 27.3 Å². The van der Waals surface area contributed by atoms with Gasteiger partial charge >= 0.3 is 5.76 Å². The van der Waals surface area contributed by atoms with Crippen molar-refractivity contribution in [2.45, 2.75) is 37.3 Å². The summed E-state index contributed by atoms with van der Waals surface area (Å²) in [5.74, 6) is -3.61. The van der Waals surface area contributed by atoms with Crippen LogP contribution in [0.25, 0.3) is 0 Å². The molecule has 0 atom stereocenters. The standard InChI is InChI=1S/C13H18F2N2O4S/c1-3-7-16(8-4-2)11-6-5-10(9-12(11)17(18)19)22(20,21)13(14)15/h5-6,9,13H,3-4,7-8H2,1-2H3. The summed E-state index contributed by atoms with van der Waals surface area (Å²) < 4.78 is 48.0. The Balaban J connectivity index is 3.40. The van der Waals surface area contributed by atoms with Gasteiger partial charge in [-0.25, -0.2) is 8.42 Å². The highest BCUT2D eigenvalue weighted by atomic mass is 32.2. The Hall–Kier alpha value is -1.77. The second kappa shape index (κ2) is 7.48. The predicted octanol–water partition coefficient (Wildman–Crippen LogP) is 3.22. The number of nitro groups is 1. The van der Waals surface area contributed by atoms with Gasteiger partial charge in [0.25, 0.3) is 5.69 Å². The number of alkyl halides is 2. The third-order valence-electron chi connectivity index (χ3n) is 3.03. The molecule has 0 saturated carbocycles. The number of sulfone groups is 1. The van der Waals surface area contributed by atoms with E-state index in [2.05, 4.69) is 0 Å². The smallest absolute Gasteiger partial charge is 0.341 e. The zero-order chi connectivity index (χ0) is 16.9. The summed E-state index contributed by atoms with van der Waals surface area (Å²) in [6, 6.07) is 2.91. The number of nitrogens with zero attached hydrogens (tertiary/aromatic N) is 2. The minimum absolute atomic E-state index is 0.238. The van der Waals surface area contributed by atoms with Crippen molar-refractivity contribution in [3.8, 4) is 0 Å². The molecule has 9 heteroatoms. The van der Waals surface area contributed by atoms with E-state index in [1.165, 1.54) is 6.07 Å². The second-order valence-electron chi connectivity index (χ2n) is 4.70. The summed E-state index contributed by atoms with van der Waals surface area (Å²) in [5.41, 5.74) is -0.245. The van der Waals surface area contributed by atoms with Gasteiger partial charge in [0.2, 0.25) is 9.84 Å². The first-order valence-corrected chi connectivity index (χ1v) is 8.35. The van der Waals surface area contributed by atoms with Crippen LogP contribution in [0.5, 0.6) is 0 Å². The fraction of sp³-hybridized carbons (Fsp3) is 0.538. The van der Waals surface area contributed by atoms with Crippen molar-refractivity contribution < 1.29 is 22.1 Å². The summed E-state index contributed by atoms with van der Waals surface area (Å²) in [4.78, 5) is 11.4. The van der Waals surface area contributed by atoms with Gasteiger partial charge in [0.05, 0.1) is 9.82 Å². The molecular formula is C13H18F2N2O4S. The van der Waals surface area contributed by atoms with Crippen LogP contribution in [0.1, 0.15) is 26.7 Å². The van der Waals surface area contributed by atoms with Crippen LogP contribution in [-0.4, -0.2) is 32.2 Å². The summed E-state index contributed by atoms with van der Waals surface area (Å²) in [6.45, 7) is 4.92. The number of anilines is 1. The maximum Gasteiger partial charge on any atom is 0.341 e. The topological polar surface area (TPSA) is 80.5 Å². The molecule has 0 spiro atoms. The molecule has 1 rings (SSSR count). The van der Waals surface area contributed by atoms with Crippen molar-refractivity contribution in [2.24, 2.45) is 0 Å². The highest BCUT2D eigenvalue weighted by Gasteiger charge is 2.30. The SMILES string of the molecule is CCCN(CCC)c1ccc(S(=O)(=O)C(F)F)cc1[N+](=O)[O-]. The van der Waals surface area contributed by atoms with E-state index < -0.39 is 31.1 Å². The van der Waals surface area contributed by atoms with Crippen molar-refractivity contribution in [1.82, 2.24) is 0 Å². The molecule has 1 aromatic carbocycles. The Morgan fingerprint density at radius 1 is 1.23 bits per heavy atom. The van der Waals surface area contributed by atoms with Gasteiger partial charge in [0, 0.05) is 19.2 Å². The van der Waals surface area contributed by atoms with Gasteiger partial charge in [-0.05, 0) is 25.0 Å². The van der Waals surface area contributed by atoms with Crippen molar-refractivity contribution in [3.05, 3.63) is 28.3 Å². The molecule has 0 heterocycles. The fourth-order valence-electron chi connectivity index (χ4n) is 2.09. The van der Waals surface area contributed by atoms with Crippen LogP contribution in [0.15, 0.2) is 23.1 Å². The largest absolute Gasteiger partial charge is 0.366 e. The molecule has 0 bridgehead atoms. The minimum Gasteiger partial charge on any atom is -0.366 e. The van der Waals surface area contributed by atoms with Crippen LogP contribution in [-0.2, 0) is 9.84 Å². The molecule has 0 amide bonds. The highest BCUT2D eigenvalue weighted by molar-refractivity contribution is 7.91. The molecule has 0 radical (unpaired) electrons. The zero-order valence-electron chi connectivity index (χ0n) is 12.3. The van der Waals surface area contributed by atoms with Crippen LogP contribution < -0.4 is 4.90 Å². The monoisotopic (exact) mass is 336 g/mol. The Morgan fingerprint density at radius 3 is 2.18 bits per heavy atom. The molecule has 0 fully saturated rings. The normalized spacial score (nSPS) is 11.7. The molecule has 1 aromatic rings.